The molecule has 0 atom stereocenters. The van der Waals surface area contributed by atoms with E-state index in [1.807, 2.05) is 13.1 Å². The molecule has 96 valence electrons. The van der Waals surface area contributed by atoms with Crippen molar-refractivity contribution in [2.24, 2.45) is 5.41 Å². The first-order valence-corrected chi connectivity index (χ1v) is 5.97. The van der Waals surface area contributed by atoms with Gasteiger partial charge in [-0.25, -0.2) is 4.39 Å². The van der Waals surface area contributed by atoms with Crippen LogP contribution < -0.4 is 0 Å². The van der Waals surface area contributed by atoms with Gasteiger partial charge in [0.15, 0.2) is 0 Å². The molecule has 0 unspecified atom stereocenters. The Balaban J connectivity index is 1.97. The second-order valence-corrected chi connectivity index (χ2v) is 5.14. The standard InChI is InChI=1S/C14H17FN2O/c1-11-5-12(3-4-13(11)15)6-17(2)8-14(7-16)9-18-10-14/h3-5H,6,8-10H2,1-2H3. The Morgan fingerprint density at radius 1 is 1.50 bits per heavy atom. The Morgan fingerprint density at radius 2 is 2.22 bits per heavy atom. The number of nitriles is 1. The van der Waals surface area contributed by atoms with Crippen LogP contribution >= 0.6 is 0 Å². The maximum atomic E-state index is 13.2. The lowest BCUT2D eigenvalue weighted by Gasteiger charge is -2.38. The van der Waals surface area contributed by atoms with E-state index in [4.69, 9.17) is 10.00 Å². The molecule has 0 saturated carbocycles. The van der Waals surface area contributed by atoms with Crippen LogP contribution in [0.1, 0.15) is 11.1 Å². The smallest absolute Gasteiger partial charge is 0.126 e. The Bertz CT molecular complexity index is 477. The largest absolute Gasteiger partial charge is 0.378 e. The van der Waals surface area contributed by atoms with E-state index in [1.165, 1.54) is 6.07 Å². The third-order valence-corrected chi connectivity index (χ3v) is 3.24. The number of ether oxygens (including phenoxy) is 1. The van der Waals surface area contributed by atoms with Crippen molar-refractivity contribution in [1.82, 2.24) is 4.90 Å². The van der Waals surface area contributed by atoms with Gasteiger partial charge in [0, 0.05) is 13.1 Å². The summed E-state index contributed by atoms with van der Waals surface area (Å²) in [6.45, 7) is 4.17. The normalized spacial score (nSPS) is 17.3. The quantitative estimate of drug-likeness (QED) is 0.818. The maximum Gasteiger partial charge on any atom is 0.126 e. The van der Waals surface area contributed by atoms with Gasteiger partial charge in [-0.1, -0.05) is 12.1 Å². The van der Waals surface area contributed by atoms with Gasteiger partial charge in [0.1, 0.15) is 11.2 Å². The highest BCUT2D eigenvalue weighted by atomic mass is 19.1. The van der Waals surface area contributed by atoms with Crippen LogP contribution in [0.2, 0.25) is 0 Å². The van der Waals surface area contributed by atoms with Gasteiger partial charge in [-0.05, 0) is 31.2 Å². The zero-order valence-electron chi connectivity index (χ0n) is 10.7. The predicted octanol–water partition coefficient (Wildman–Crippen LogP) is 2.11. The Kier molecular flexibility index (Phi) is 3.65. The van der Waals surface area contributed by atoms with Crippen LogP contribution in [0.5, 0.6) is 0 Å². The van der Waals surface area contributed by atoms with E-state index in [0.29, 0.717) is 31.9 Å². The SMILES string of the molecule is Cc1cc(CN(C)CC2(C#N)COC2)ccc1F. The molecule has 0 N–H and O–H groups in total. The number of nitrogens with zero attached hydrogens (tertiary/aromatic N) is 2. The molecule has 1 aliphatic rings. The third-order valence-electron chi connectivity index (χ3n) is 3.24. The van der Waals surface area contributed by atoms with E-state index in [9.17, 15) is 4.39 Å². The molecule has 1 saturated heterocycles. The molecule has 1 aromatic carbocycles. The highest BCUT2D eigenvalue weighted by molar-refractivity contribution is 5.23. The summed E-state index contributed by atoms with van der Waals surface area (Å²) in [7, 11) is 1.97. The summed E-state index contributed by atoms with van der Waals surface area (Å²) in [5.41, 5.74) is 1.36. The number of hydrogen-bond donors (Lipinski definition) is 0. The first-order valence-electron chi connectivity index (χ1n) is 5.97. The van der Waals surface area contributed by atoms with Crippen molar-refractivity contribution < 1.29 is 9.13 Å². The minimum absolute atomic E-state index is 0.178. The molecule has 3 nitrogen and oxygen atoms in total. The second kappa shape index (κ2) is 5.05. The molecule has 0 aromatic heterocycles. The average Bonchev–Trinajstić information content (AvgIpc) is 2.29. The van der Waals surface area contributed by atoms with Gasteiger partial charge in [0.25, 0.3) is 0 Å². The summed E-state index contributed by atoms with van der Waals surface area (Å²) in [6.07, 6.45) is 0. The first kappa shape index (κ1) is 13.0. The first-order chi connectivity index (χ1) is 8.54. The van der Waals surface area contributed by atoms with E-state index in [-0.39, 0.29) is 11.2 Å². The fourth-order valence-electron chi connectivity index (χ4n) is 2.23. The van der Waals surface area contributed by atoms with Crippen LogP contribution in [-0.4, -0.2) is 31.7 Å². The summed E-state index contributed by atoms with van der Waals surface area (Å²) in [5, 5.41) is 9.13. The number of benzene rings is 1. The van der Waals surface area contributed by atoms with Gasteiger partial charge in [0.05, 0.1) is 19.3 Å². The fraction of sp³-hybridized carbons (Fsp3) is 0.500. The predicted molar refractivity (Wildman–Crippen MR) is 66.3 cm³/mol. The van der Waals surface area contributed by atoms with Crippen molar-refractivity contribution in [2.75, 3.05) is 26.8 Å². The van der Waals surface area contributed by atoms with Crippen molar-refractivity contribution in [3.05, 3.63) is 35.1 Å². The van der Waals surface area contributed by atoms with E-state index >= 15 is 0 Å². The van der Waals surface area contributed by atoms with Gasteiger partial charge >= 0.3 is 0 Å². The van der Waals surface area contributed by atoms with Crippen molar-refractivity contribution in [1.29, 1.82) is 5.26 Å². The van der Waals surface area contributed by atoms with Gasteiger partial charge in [-0.15, -0.1) is 0 Å². The number of halogens is 1. The second-order valence-electron chi connectivity index (χ2n) is 5.14. The Morgan fingerprint density at radius 3 is 2.72 bits per heavy atom. The van der Waals surface area contributed by atoms with E-state index in [2.05, 4.69) is 11.0 Å². The van der Waals surface area contributed by atoms with Crippen LogP contribution in [0.4, 0.5) is 4.39 Å². The molecule has 0 bridgehead atoms. The van der Waals surface area contributed by atoms with Crippen molar-refractivity contribution >= 4 is 0 Å². The molecular formula is C14H17FN2O. The van der Waals surface area contributed by atoms with E-state index in [0.717, 1.165) is 5.56 Å². The number of hydrogen-bond acceptors (Lipinski definition) is 3. The lowest BCUT2D eigenvalue weighted by atomic mass is 9.87. The summed E-state index contributed by atoms with van der Waals surface area (Å²) < 4.78 is 18.3. The summed E-state index contributed by atoms with van der Waals surface area (Å²) >= 11 is 0. The van der Waals surface area contributed by atoms with Crippen LogP contribution in [0.15, 0.2) is 18.2 Å². The monoisotopic (exact) mass is 248 g/mol. The van der Waals surface area contributed by atoms with Crippen molar-refractivity contribution in [3.8, 4) is 6.07 Å². The molecule has 1 aromatic rings. The van der Waals surface area contributed by atoms with Crippen LogP contribution in [0.25, 0.3) is 0 Å². The molecule has 0 spiro atoms. The summed E-state index contributed by atoms with van der Waals surface area (Å²) in [6, 6.07) is 7.45. The zero-order chi connectivity index (χ0) is 13.2. The fourth-order valence-corrected chi connectivity index (χ4v) is 2.23. The number of rotatable bonds is 4. The highest BCUT2D eigenvalue weighted by Crippen LogP contribution is 2.27. The van der Waals surface area contributed by atoms with E-state index in [1.54, 1.807) is 13.0 Å². The highest BCUT2D eigenvalue weighted by Gasteiger charge is 2.39. The molecular weight excluding hydrogens is 231 g/mol. The van der Waals surface area contributed by atoms with Crippen LogP contribution in [-0.2, 0) is 11.3 Å². The summed E-state index contributed by atoms with van der Waals surface area (Å²) in [5.74, 6) is -0.178. The molecule has 0 radical (unpaired) electrons. The van der Waals surface area contributed by atoms with Crippen molar-refractivity contribution in [3.63, 3.8) is 0 Å². The lowest BCUT2D eigenvalue weighted by Crippen LogP contribution is -2.48. The molecule has 18 heavy (non-hydrogen) atoms. The lowest BCUT2D eigenvalue weighted by molar-refractivity contribution is -0.0895. The molecule has 1 fully saturated rings. The molecule has 2 rings (SSSR count). The minimum atomic E-state index is -0.357. The van der Waals surface area contributed by atoms with Crippen LogP contribution in [0.3, 0.4) is 0 Å². The molecule has 4 heteroatoms. The van der Waals surface area contributed by atoms with Gasteiger partial charge in [-0.2, -0.15) is 5.26 Å². The van der Waals surface area contributed by atoms with Gasteiger partial charge in [-0.3, -0.25) is 0 Å². The topological polar surface area (TPSA) is 36.3 Å². The molecule has 0 amide bonds. The minimum Gasteiger partial charge on any atom is -0.378 e. The Labute approximate surface area is 107 Å². The van der Waals surface area contributed by atoms with Gasteiger partial charge in [0.2, 0.25) is 0 Å². The Hall–Kier alpha value is -1.44. The number of aryl methyl sites for hydroxylation is 1. The zero-order valence-corrected chi connectivity index (χ0v) is 10.7. The molecule has 0 aliphatic carbocycles. The average molecular weight is 248 g/mol. The van der Waals surface area contributed by atoms with Crippen molar-refractivity contribution in [2.45, 2.75) is 13.5 Å². The summed E-state index contributed by atoms with van der Waals surface area (Å²) in [4.78, 5) is 2.08. The maximum absolute atomic E-state index is 13.2. The van der Waals surface area contributed by atoms with Gasteiger partial charge < -0.3 is 9.64 Å². The van der Waals surface area contributed by atoms with Crippen LogP contribution in [0, 0.1) is 29.5 Å². The van der Waals surface area contributed by atoms with E-state index < -0.39 is 0 Å². The third kappa shape index (κ3) is 2.69. The molecule has 1 aliphatic heterocycles. The molecule has 1 heterocycles.